The summed E-state index contributed by atoms with van der Waals surface area (Å²) in [6.45, 7) is 2.95. The van der Waals surface area contributed by atoms with Crippen LogP contribution in [0.3, 0.4) is 0 Å². The summed E-state index contributed by atoms with van der Waals surface area (Å²) in [6.07, 6.45) is 9.27. The zero-order chi connectivity index (χ0) is 12.5. The van der Waals surface area contributed by atoms with E-state index in [1.807, 2.05) is 0 Å². The molecule has 0 spiro atoms. The quantitative estimate of drug-likeness (QED) is 0.662. The molecule has 0 aromatic carbocycles. The Morgan fingerprint density at radius 1 is 1.41 bits per heavy atom. The number of carbonyl (C=O) groups excluding carboxylic acids is 1. The molecule has 1 aliphatic rings. The van der Waals surface area contributed by atoms with Gasteiger partial charge in [0.1, 0.15) is 0 Å². The van der Waals surface area contributed by atoms with E-state index >= 15 is 0 Å². The Morgan fingerprint density at radius 2 is 2.12 bits per heavy atom. The molecule has 1 amide bonds. The van der Waals surface area contributed by atoms with Gasteiger partial charge in [0.05, 0.1) is 0 Å². The Balaban J connectivity index is 2.07. The first-order valence-electron chi connectivity index (χ1n) is 7.09. The second-order valence-corrected chi connectivity index (χ2v) is 5.62. The van der Waals surface area contributed by atoms with Gasteiger partial charge in [-0.3, -0.25) is 4.79 Å². The highest BCUT2D eigenvalue weighted by Crippen LogP contribution is 2.28. The predicted octanol–water partition coefficient (Wildman–Crippen LogP) is 3.73. The van der Waals surface area contributed by atoms with E-state index in [2.05, 4.69) is 12.2 Å². The van der Waals surface area contributed by atoms with Crippen LogP contribution in [0.25, 0.3) is 0 Å². The normalized spacial score (nSPS) is 18.2. The molecule has 1 atom stereocenters. The minimum Gasteiger partial charge on any atom is -0.356 e. The maximum Gasteiger partial charge on any atom is 0.220 e. The molecular weight excluding hydrogens is 234 g/mol. The van der Waals surface area contributed by atoms with Crippen LogP contribution in [0, 0.1) is 11.8 Å². The Labute approximate surface area is 110 Å². The molecule has 0 aliphatic heterocycles. The monoisotopic (exact) mass is 259 g/mol. The van der Waals surface area contributed by atoms with Gasteiger partial charge < -0.3 is 5.32 Å². The highest BCUT2D eigenvalue weighted by molar-refractivity contribution is 6.17. The molecule has 100 valence electrons. The summed E-state index contributed by atoms with van der Waals surface area (Å²) in [5.74, 6) is 2.27. The second-order valence-electron chi connectivity index (χ2n) is 5.25. The van der Waals surface area contributed by atoms with Crippen molar-refractivity contribution in [1.29, 1.82) is 0 Å². The van der Waals surface area contributed by atoms with Gasteiger partial charge in [0.25, 0.3) is 0 Å². The molecule has 1 fully saturated rings. The van der Waals surface area contributed by atoms with Gasteiger partial charge in [0.15, 0.2) is 0 Å². The molecule has 0 heterocycles. The smallest absolute Gasteiger partial charge is 0.220 e. The fourth-order valence-electron chi connectivity index (χ4n) is 2.59. The van der Waals surface area contributed by atoms with Crippen molar-refractivity contribution < 1.29 is 4.79 Å². The van der Waals surface area contributed by atoms with Crippen LogP contribution in [0.15, 0.2) is 0 Å². The van der Waals surface area contributed by atoms with E-state index in [1.165, 1.54) is 25.7 Å². The summed E-state index contributed by atoms with van der Waals surface area (Å²) in [5, 5.41) is 3.04. The van der Waals surface area contributed by atoms with Crippen molar-refractivity contribution in [2.45, 2.75) is 58.3 Å². The number of halogens is 1. The van der Waals surface area contributed by atoms with Crippen molar-refractivity contribution in [2.75, 3.05) is 12.4 Å². The zero-order valence-electron chi connectivity index (χ0n) is 11.0. The maximum atomic E-state index is 11.7. The zero-order valence-corrected chi connectivity index (χ0v) is 11.8. The largest absolute Gasteiger partial charge is 0.356 e. The molecule has 2 nitrogen and oxygen atoms in total. The van der Waals surface area contributed by atoms with Crippen LogP contribution < -0.4 is 5.32 Å². The highest BCUT2D eigenvalue weighted by atomic mass is 35.5. The molecule has 0 saturated heterocycles. The van der Waals surface area contributed by atoms with Crippen molar-refractivity contribution in [3.05, 3.63) is 0 Å². The lowest BCUT2D eigenvalue weighted by atomic mass is 10.0. The van der Waals surface area contributed by atoms with E-state index < -0.39 is 0 Å². The van der Waals surface area contributed by atoms with Crippen molar-refractivity contribution in [1.82, 2.24) is 5.32 Å². The van der Waals surface area contributed by atoms with Crippen LogP contribution in [0.5, 0.6) is 0 Å². The molecule has 1 rings (SSSR count). The van der Waals surface area contributed by atoms with Gasteiger partial charge in [-0.15, -0.1) is 11.6 Å². The van der Waals surface area contributed by atoms with Gasteiger partial charge in [0, 0.05) is 18.8 Å². The lowest BCUT2D eigenvalue weighted by Gasteiger charge is -2.15. The van der Waals surface area contributed by atoms with Crippen LogP contribution in [-0.4, -0.2) is 18.3 Å². The molecule has 1 saturated carbocycles. The molecule has 1 aliphatic carbocycles. The lowest BCUT2D eigenvalue weighted by Crippen LogP contribution is -2.29. The molecule has 0 radical (unpaired) electrons. The average Bonchev–Trinajstić information content (AvgIpc) is 2.85. The van der Waals surface area contributed by atoms with E-state index in [0.29, 0.717) is 18.2 Å². The van der Waals surface area contributed by atoms with Gasteiger partial charge in [0.2, 0.25) is 5.91 Å². The molecule has 0 bridgehead atoms. The molecule has 0 aromatic rings. The van der Waals surface area contributed by atoms with Crippen LogP contribution in [-0.2, 0) is 4.79 Å². The standard InChI is InChI=1S/C14H26ClNO/c1-2-12(9-10-15)11-16-14(17)8-7-13-5-3-4-6-13/h12-13H,2-11H2,1H3,(H,16,17). The molecule has 17 heavy (non-hydrogen) atoms. The van der Waals surface area contributed by atoms with E-state index in [1.54, 1.807) is 0 Å². The van der Waals surface area contributed by atoms with Crippen LogP contribution >= 0.6 is 11.6 Å². The van der Waals surface area contributed by atoms with E-state index in [0.717, 1.165) is 31.7 Å². The van der Waals surface area contributed by atoms with Crippen molar-refractivity contribution in [3.63, 3.8) is 0 Å². The highest BCUT2D eigenvalue weighted by Gasteiger charge is 2.16. The van der Waals surface area contributed by atoms with Gasteiger partial charge in [-0.2, -0.15) is 0 Å². The Morgan fingerprint density at radius 3 is 2.71 bits per heavy atom. The third kappa shape index (κ3) is 6.30. The van der Waals surface area contributed by atoms with Crippen molar-refractivity contribution in [2.24, 2.45) is 11.8 Å². The SMILES string of the molecule is CCC(CCCl)CNC(=O)CCC1CCCC1. The molecular formula is C14H26ClNO. The number of carbonyl (C=O) groups is 1. The lowest BCUT2D eigenvalue weighted by molar-refractivity contribution is -0.121. The first-order chi connectivity index (χ1) is 8.26. The fraction of sp³-hybridized carbons (Fsp3) is 0.929. The Bertz CT molecular complexity index is 214. The summed E-state index contributed by atoms with van der Waals surface area (Å²) in [7, 11) is 0. The van der Waals surface area contributed by atoms with Gasteiger partial charge in [-0.05, 0) is 24.7 Å². The molecule has 1 N–H and O–H groups in total. The summed E-state index contributed by atoms with van der Waals surface area (Å²) in [4.78, 5) is 11.7. The predicted molar refractivity (Wildman–Crippen MR) is 73.3 cm³/mol. The Hall–Kier alpha value is -0.240. The topological polar surface area (TPSA) is 29.1 Å². The molecule has 3 heteroatoms. The van der Waals surface area contributed by atoms with Gasteiger partial charge in [-0.25, -0.2) is 0 Å². The maximum absolute atomic E-state index is 11.7. The third-order valence-corrected chi connectivity index (χ3v) is 4.16. The van der Waals surface area contributed by atoms with E-state index in [-0.39, 0.29) is 5.91 Å². The number of nitrogens with one attached hydrogen (secondary N) is 1. The average molecular weight is 260 g/mol. The first kappa shape index (κ1) is 14.8. The number of rotatable bonds is 8. The van der Waals surface area contributed by atoms with Crippen molar-refractivity contribution in [3.8, 4) is 0 Å². The minimum atomic E-state index is 0.227. The summed E-state index contributed by atoms with van der Waals surface area (Å²) >= 11 is 5.72. The second kappa shape index (κ2) is 8.79. The summed E-state index contributed by atoms with van der Waals surface area (Å²) in [5.41, 5.74) is 0. The first-order valence-corrected chi connectivity index (χ1v) is 7.62. The van der Waals surface area contributed by atoms with Gasteiger partial charge in [-0.1, -0.05) is 39.0 Å². The molecule has 0 aromatic heterocycles. The van der Waals surface area contributed by atoms with Crippen LogP contribution in [0.2, 0.25) is 0 Å². The summed E-state index contributed by atoms with van der Waals surface area (Å²) in [6, 6.07) is 0. The number of alkyl halides is 1. The fourth-order valence-corrected chi connectivity index (χ4v) is 2.89. The van der Waals surface area contributed by atoms with Crippen molar-refractivity contribution >= 4 is 17.5 Å². The molecule has 1 unspecified atom stereocenters. The van der Waals surface area contributed by atoms with E-state index in [9.17, 15) is 4.79 Å². The third-order valence-electron chi connectivity index (χ3n) is 3.94. The van der Waals surface area contributed by atoms with E-state index in [4.69, 9.17) is 11.6 Å². The number of amides is 1. The number of hydrogen-bond donors (Lipinski definition) is 1. The minimum absolute atomic E-state index is 0.227. The van der Waals surface area contributed by atoms with Gasteiger partial charge >= 0.3 is 0 Å². The van der Waals surface area contributed by atoms with Crippen LogP contribution in [0.1, 0.15) is 58.3 Å². The summed E-state index contributed by atoms with van der Waals surface area (Å²) < 4.78 is 0. The number of hydrogen-bond acceptors (Lipinski definition) is 1. The van der Waals surface area contributed by atoms with Crippen LogP contribution in [0.4, 0.5) is 0 Å². The Kier molecular flexibility index (Phi) is 7.67.